The first-order valence-corrected chi connectivity index (χ1v) is 8.29. The highest BCUT2D eigenvalue weighted by atomic mass is 19.1. The average molecular weight is 336 g/mol. The quantitative estimate of drug-likeness (QED) is 0.793. The summed E-state index contributed by atoms with van der Waals surface area (Å²) in [6.07, 6.45) is 1.90. The molecule has 0 radical (unpaired) electrons. The molecular weight excluding hydrogens is 319 g/mol. The molecule has 1 saturated carbocycles. The molecule has 0 saturated heterocycles. The van der Waals surface area contributed by atoms with E-state index in [1.807, 2.05) is 18.2 Å². The Bertz CT molecular complexity index is 990. The van der Waals surface area contributed by atoms with Crippen LogP contribution in [0.5, 0.6) is 0 Å². The van der Waals surface area contributed by atoms with Gasteiger partial charge in [0.2, 0.25) is 5.56 Å². The van der Waals surface area contributed by atoms with Crippen molar-refractivity contribution in [2.24, 2.45) is 0 Å². The second-order valence-electron chi connectivity index (χ2n) is 6.38. The molecule has 1 heterocycles. The fourth-order valence-electron chi connectivity index (χ4n) is 3.08. The number of benzene rings is 2. The van der Waals surface area contributed by atoms with E-state index in [1.165, 1.54) is 18.2 Å². The average Bonchev–Trinajstić information content (AvgIpc) is 3.45. The molecule has 4 rings (SSSR count). The molecule has 1 fully saturated rings. The number of pyridine rings is 1. The van der Waals surface area contributed by atoms with Gasteiger partial charge in [-0.2, -0.15) is 0 Å². The van der Waals surface area contributed by atoms with Crippen molar-refractivity contribution in [3.05, 3.63) is 81.9 Å². The van der Waals surface area contributed by atoms with E-state index in [1.54, 1.807) is 23.1 Å². The van der Waals surface area contributed by atoms with Crippen LogP contribution in [0, 0.1) is 5.82 Å². The predicted molar refractivity (Wildman–Crippen MR) is 93.9 cm³/mol. The van der Waals surface area contributed by atoms with Crippen LogP contribution in [-0.4, -0.2) is 21.8 Å². The number of H-pyrrole nitrogens is 1. The van der Waals surface area contributed by atoms with Crippen molar-refractivity contribution in [3.63, 3.8) is 0 Å². The molecule has 0 atom stereocenters. The summed E-state index contributed by atoms with van der Waals surface area (Å²) in [5, 5.41) is 0.733. The van der Waals surface area contributed by atoms with Gasteiger partial charge in [-0.3, -0.25) is 9.59 Å². The number of aromatic amines is 1. The lowest BCUT2D eigenvalue weighted by atomic mass is 10.1. The molecule has 4 nitrogen and oxygen atoms in total. The van der Waals surface area contributed by atoms with Gasteiger partial charge in [-0.25, -0.2) is 4.39 Å². The Labute approximate surface area is 143 Å². The van der Waals surface area contributed by atoms with Gasteiger partial charge in [0.1, 0.15) is 5.82 Å². The minimum Gasteiger partial charge on any atom is -0.331 e. The van der Waals surface area contributed by atoms with Crippen LogP contribution in [-0.2, 0) is 6.54 Å². The van der Waals surface area contributed by atoms with Crippen molar-refractivity contribution in [3.8, 4) is 0 Å². The number of hydrogen-bond donors (Lipinski definition) is 1. The van der Waals surface area contributed by atoms with Gasteiger partial charge in [-0.05, 0) is 36.6 Å². The fourth-order valence-corrected chi connectivity index (χ4v) is 3.08. The van der Waals surface area contributed by atoms with Gasteiger partial charge in [-0.15, -0.1) is 0 Å². The molecule has 0 aliphatic heterocycles. The number of carbonyl (C=O) groups is 1. The van der Waals surface area contributed by atoms with E-state index in [0.717, 1.165) is 23.8 Å². The third kappa shape index (κ3) is 3.18. The van der Waals surface area contributed by atoms with Crippen molar-refractivity contribution in [2.45, 2.75) is 25.4 Å². The van der Waals surface area contributed by atoms with Crippen LogP contribution >= 0.6 is 0 Å². The Morgan fingerprint density at radius 3 is 2.56 bits per heavy atom. The monoisotopic (exact) mass is 336 g/mol. The number of amides is 1. The lowest BCUT2D eigenvalue weighted by Crippen LogP contribution is -2.33. The van der Waals surface area contributed by atoms with Crippen molar-refractivity contribution < 1.29 is 9.18 Å². The standard InChI is InChI=1S/C20H17FN2O2/c21-14-7-5-13(6-8-14)12-23(15-9-10-15)20(25)17-11-19(24)22-18-4-2-1-3-16(17)18/h1-8,11,15H,9-10,12H2,(H,22,24). The molecule has 0 unspecified atom stereocenters. The van der Waals surface area contributed by atoms with Gasteiger partial charge in [0.15, 0.2) is 0 Å². The third-order valence-electron chi connectivity index (χ3n) is 4.50. The molecule has 3 aromatic rings. The molecule has 1 N–H and O–H groups in total. The number of nitrogens with one attached hydrogen (secondary N) is 1. The van der Waals surface area contributed by atoms with E-state index in [0.29, 0.717) is 17.6 Å². The van der Waals surface area contributed by atoms with Crippen LogP contribution in [0.3, 0.4) is 0 Å². The van der Waals surface area contributed by atoms with Gasteiger partial charge in [0.05, 0.1) is 5.56 Å². The van der Waals surface area contributed by atoms with Crippen LogP contribution in [0.4, 0.5) is 4.39 Å². The van der Waals surface area contributed by atoms with Gasteiger partial charge < -0.3 is 9.88 Å². The lowest BCUT2D eigenvalue weighted by Gasteiger charge is -2.23. The van der Waals surface area contributed by atoms with E-state index < -0.39 is 0 Å². The maximum Gasteiger partial charge on any atom is 0.255 e. The summed E-state index contributed by atoms with van der Waals surface area (Å²) < 4.78 is 13.1. The zero-order valence-corrected chi connectivity index (χ0v) is 13.5. The number of para-hydroxylation sites is 1. The summed E-state index contributed by atoms with van der Waals surface area (Å²) >= 11 is 0. The summed E-state index contributed by atoms with van der Waals surface area (Å²) in [6.45, 7) is 0.408. The highest BCUT2D eigenvalue weighted by Gasteiger charge is 2.33. The van der Waals surface area contributed by atoms with Crippen LogP contribution in [0.2, 0.25) is 0 Å². The molecule has 126 valence electrons. The molecule has 0 spiro atoms. The Hall–Kier alpha value is -2.95. The van der Waals surface area contributed by atoms with E-state index >= 15 is 0 Å². The molecule has 5 heteroatoms. The molecule has 1 amide bonds. The fraction of sp³-hybridized carbons (Fsp3) is 0.200. The van der Waals surface area contributed by atoms with Gasteiger partial charge in [0, 0.05) is 29.6 Å². The van der Waals surface area contributed by atoms with E-state index in [4.69, 9.17) is 0 Å². The first-order valence-electron chi connectivity index (χ1n) is 8.29. The van der Waals surface area contributed by atoms with Crippen LogP contribution in [0.15, 0.2) is 59.4 Å². The first-order chi connectivity index (χ1) is 12.1. The number of rotatable bonds is 4. The smallest absolute Gasteiger partial charge is 0.255 e. The molecule has 1 aromatic heterocycles. The number of carbonyl (C=O) groups excluding carboxylic acids is 1. The first kappa shape index (κ1) is 15.6. The van der Waals surface area contributed by atoms with Crippen molar-refractivity contribution in [2.75, 3.05) is 0 Å². The molecule has 25 heavy (non-hydrogen) atoms. The predicted octanol–water partition coefficient (Wildman–Crippen LogP) is 3.47. The number of aromatic nitrogens is 1. The SMILES string of the molecule is O=C(c1cc(=O)[nH]c2ccccc12)N(Cc1ccc(F)cc1)C1CC1. The zero-order chi connectivity index (χ0) is 17.4. The van der Waals surface area contributed by atoms with Crippen LogP contribution in [0.1, 0.15) is 28.8 Å². The zero-order valence-electron chi connectivity index (χ0n) is 13.5. The van der Waals surface area contributed by atoms with Gasteiger partial charge >= 0.3 is 0 Å². The number of nitrogens with zero attached hydrogens (tertiary/aromatic N) is 1. The van der Waals surface area contributed by atoms with Crippen LogP contribution in [0.25, 0.3) is 10.9 Å². The number of fused-ring (bicyclic) bond motifs is 1. The summed E-state index contributed by atoms with van der Waals surface area (Å²) in [5.41, 5.74) is 1.64. The third-order valence-corrected chi connectivity index (χ3v) is 4.50. The molecule has 1 aliphatic rings. The minimum absolute atomic E-state index is 0.158. The molecule has 2 aromatic carbocycles. The highest BCUT2D eigenvalue weighted by Crippen LogP contribution is 2.30. The van der Waals surface area contributed by atoms with Crippen molar-refractivity contribution in [1.29, 1.82) is 0 Å². The van der Waals surface area contributed by atoms with Gasteiger partial charge in [-0.1, -0.05) is 30.3 Å². The summed E-state index contributed by atoms with van der Waals surface area (Å²) in [6, 6.07) is 15.0. The molecule has 1 aliphatic carbocycles. The maximum atomic E-state index is 13.2. The molecular formula is C20H17FN2O2. The summed E-state index contributed by atoms with van der Waals surface area (Å²) in [4.78, 5) is 29.7. The normalized spacial score (nSPS) is 13.8. The van der Waals surface area contributed by atoms with Crippen molar-refractivity contribution >= 4 is 16.8 Å². The van der Waals surface area contributed by atoms with E-state index in [-0.39, 0.29) is 23.3 Å². The van der Waals surface area contributed by atoms with Crippen LogP contribution < -0.4 is 5.56 Å². The Balaban J connectivity index is 1.72. The van der Waals surface area contributed by atoms with E-state index in [2.05, 4.69) is 4.98 Å². The second-order valence-corrected chi connectivity index (χ2v) is 6.38. The largest absolute Gasteiger partial charge is 0.331 e. The molecule has 0 bridgehead atoms. The van der Waals surface area contributed by atoms with Gasteiger partial charge in [0.25, 0.3) is 5.91 Å². The maximum absolute atomic E-state index is 13.2. The summed E-state index contributed by atoms with van der Waals surface area (Å²) in [5.74, 6) is -0.456. The Morgan fingerprint density at radius 2 is 1.84 bits per heavy atom. The Morgan fingerprint density at radius 1 is 1.12 bits per heavy atom. The minimum atomic E-state index is -0.298. The summed E-state index contributed by atoms with van der Waals surface area (Å²) in [7, 11) is 0. The second kappa shape index (κ2) is 6.16. The number of hydrogen-bond acceptors (Lipinski definition) is 2. The van der Waals surface area contributed by atoms with Crippen molar-refractivity contribution in [1.82, 2.24) is 9.88 Å². The lowest BCUT2D eigenvalue weighted by molar-refractivity contribution is 0.0731. The van der Waals surface area contributed by atoms with E-state index in [9.17, 15) is 14.0 Å². The highest BCUT2D eigenvalue weighted by molar-refractivity contribution is 6.06. The topological polar surface area (TPSA) is 53.2 Å². The number of halogens is 1. The Kier molecular flexibility index (Phi) is 3.84.